The summed E-state index contributed by atoms with van der Waals surface area (Å²) in [5.74, 6) is 0.472. The number of hydrogen-bond acceptors (Lipinski definition) is 7. The SMILES string of the molecule is Nc1nonc1-n1nncc1-c1ccncc1. The van der Waals surface area contributed by atoms with Crippen LogP contribution in [0.4, 0.5) is 5.82 Å². The molecule has 0 bridgehead atoms. The molecule has 3 heterocycles. The van der Waals surface area contributed by atoms with Crippen molar-refractivity contribution in [3.05, 3.63) is 30.7 Å². The molecule has 0 aliphatic heterocycles. The number of pyridine rings is 1. The molecular weight excluding hydrogens is 222 g/mol. The van der Waals surface area contributed by atoms with Crippen molar-refractivity contribution in [2.75, 3.05) is 5.73 Å². The Hall–Kier alpha value is -2.77. The molecule has 0 aliphatic rings. The molecule has 0 saturated carbocycles. The Balaban J connectivity index is 2.16. The standard InChI is InChI=1S/C9H7N7O/c10-8-9(14-17-13-8)16-7(5-12-15-16)6-1-3-11-4-2-6/h1-5H,(H2,10,13). The Morgan fingerprint density at radius 1 is 1.18 bits per heavy atom. The van der Waals surface area contributed by atoms with Crippen LogP contribution in [0.2, 0.25) is 0 Å². The molecule has 0 aromatic carbocycles. The minimum atomic E-state index is 0.158. The first-order valence-corrected chi connectivity index (χ1v) is 4.76. The van der Waals surface area contributed by atoms with Gasteiger partial charge in [-0.1, -0.05) is 5.21 Å². The molecule has 8 heteroatoms. The number of nitrogens with zero attached hydrogens (tertiary/aromatic N) is 6. The van der Waals surface area contributed by atoms with Crippen LogP contribution in [0.3, 0.4) is 0 Å². The second kappa shape index (κ2) is 3.67. The van der Waals surface area contributed by atoms with E-state index < -0.39 is 0 Å². The van der Waals surface area contributed by atoms with Gasteiger partial charge >= 0.3 is 0 Å². The zero-order valence-electron chi connectivity index (χ0n) is 8.56. The highest BCUT2D eigenvalue weighted by Gasteiger charge is 2.15. The molecule has 84 valence electrons. The molecule has 2 N–H and O–H groups in total. The first-order chi connectivity index (χ1) is 8.36. The van der Waals surface area contributed by atoms with Crippen molar-refractivity contribution in [1.82, 2.24) is 30.3 Å². The molecule has 0 saturated heterocycles. The highest BCUT2D eigenvalue weighted by Crippen LogP contribution is 2.21. The average Bonchev–Trinajstić information content (AvgIpc) is 2.98. The lowest BCUT2D eigenvalue weighted by molar-refractivity contribution is 0.307. The zero-order valence-corrected chi connectivity index (χ0v) is 8.56. The Kier molecular flexibility index (Phi) is 2.04. The van der Waals surface area contributed by atoms with E-state index in [2.05, 4.69) is 30.2 Å². The number of nitrogens with two attached hydrogens (primary N) is 1. The zero-order chi connectivity index (χ0) is 11.7. The monoisotopic (exact) mass is 229 g/mol. The van der Waals surface area contributed by atoms with Crippen molar-refractivity contribution in [2.45, 2.75) is 0 Å². The van der Waals surface area contributed by atoms with Gasteiger partial charge in [0.25, 0.3) is 0 Å². The summed E-state index contributed by atoms with van der Waals surface area (Å²) in [7, 11) is 0. The lowest BCUT2D eigenvalue weighted by Gasteiger charge is -2.01. The second-order valence-electron chi connectivity index (χ2n) is 3.24. The average molecular weight is 229 g/mol. The molecule has 3 rings (SSSR count). The molecule has 0 unspecified atom stereocenters. The van der Waals surface area contributed by atoms with E-state index in [0.717, 1.165) is 11.3 Å². The Morgan fingerprint density at radius 2 is 2.00 bits per heavy atom. The Labute approximate surface area is 95.0 Å². The minimum absolute atomic E-state index is 0.158. The third-order valence-corrected chi connectivity index (χ3v) is 2.22. The van der Waals surface area contributed by atoms with E-state index in [9.17, 15) is 0 Å². The number of nitrogen functional groups attached to an aromatic ring is 1. The Morgan fingerprint density at radius 3 is 2.71 bits per heavy atom. The molecule has 0 aliphatic carbocycles. The summed E-state index contributed by atoms with van der Waals surface area (Å²) < 4.78 is 5.99. The quantitative estimate of drug-likeness (QED) is 0.672. The van der Waals surface area contributed by atoms with Gasteiger partial charge in [0.05, 0.1) is 11.9 Å². The van der Waals surface area contributed by atoms with Crippen LogP contribution >= 0.6 is 0 Å². The van der Waals surface area contributed by atoms with Crippen molar-refractivity contribution in [2.24, 2.45) is 0 Å². The van der Waals surface area contributed by atoms with Crippen LogP contribution in [0.1, 0.15) is 0 Å². The van der Waals surface area contributed by atoms with Gasteiger partial charge in [0, 0.05) is 18.0 Å². The summed E-state index contributed by atoms with van der Waals surface area (Å²) in [5, 5.41) is 14.9. The van der Waals surface area contributed by atoms with Gasteiger partial charge in [-0.25, -0.2) is 4.63 Å². The normalized spacial score (nSPS) is 10.6. The van der Waals surface area contributed by atoms with Gasteiger partial charge in [-0.05, 0) is 22.4 Å². The maximum atomic E-state index is 5.61. The molecule has 0 fully saturated rings. The molecule has 8 nitrogen and oxygen atoms in total. The summed E-state index contributed by atoms with van der Waals surface area (Å²) >= 11 is 0. The van der Waals surface area contributed by atoms with E-state index in [-0.39, 0.29) is 5.82 Å². The van der Waals surface area contributed by atoms with Crippen molar-refractivity contribution in [3.63, 3.8) is 0 Å². The molecule has 3 aromatic rings. The van der Waals surface area contributed by atoms with Crippen molar-refractivity contribution in [1.29, 1.82) is 0 Å². The van der Waals surface area contributed by atoms with Crippen LogP contribution in [0.5, 0.6) is 0 Å². The van der Waals surface area contributed by atoms with E-state index in [1.54, 1.807) is 18.6 Å². The van der Waals surface area contributed by atoms with E-state index in [0.29, 0.717) is 5.82 Å². The van der Waals surface area contributed by atoms with Crippen molar-refractivity contribution < 1.29 is 4.63 Å². The second-order valence-corrected chi connectivity index (χ2v) is 3.24. The highest BCUT2D eigenvalue weighted by atomic mass is 16.6. The van der Waals surface area contributed by atoms with Gasteiger partial charge in [0.2, 0.25) is 11.6 Å². The van der Waals surface area contributed by atoms with Gasteiger partial charge in [-0.2, -0.15) is 4.68 Å². The smallest absolute Gasteiger partial charge is 0.243 e. The summed E-state index contributed by atoms with van der Waals surface area (Å²) in [6.07, 6.45) is 4.96. The molecule has 0 atom stereocenters. The van der Waals surface area contributed by atoms with Crippen molar-refractivity contribution >= 4 is 5.82 Å². The Bertz CT molecular complexity index is 630. The lowest BCUT2D eigenvalue weighted by atomic mass is 10.2. The molecule has 0 amide bonds. The number of aromatic nitrogens is 6. The summed E-state index contributed by atoms with van der Waals surface area (Å²) in [6.45, 7) is 0. The molecular formula is C9H7N7O. The lowest BCUT2D eigenvalue weighted by Crippen LogP contribution is -2.03. The third kappa shape index (κ3) is 1.51. The molecule has 0 radical (unpaired) electrons. The van der Waals surface area contributed by atoms with Gasteiger partial charge in [-0.3, -0.25) is 4.98 Å². The van der Waals surface area contributed by atoms with Crippen LogP contribution in [-0.2, 0) is 0 Å². The topological polar surface area (TPSA) is 109 Å². The summed E-state index contributed by atoms with van der Waals surface area (Å²) in [4.78, 5) is 3.94. The van der Waals surface area contributed by atoms with Crippen LogP contribution in [-0.4, -0.2) is 30.3 Å². The van der Waals surface area contributed by atoms with Gasteiger partial charge in [0.1, 0.15) is 0 Å². The maximum absolute atomic E-state index is 5.61. The fourth-order valence-electron chi connectivity index (χ4n) is 1.45. The number of anilines is 1. The number of hydrogen-bond donors (Lipinski definition) is 1. The molecule has 17 heavy (non-hydrogen) atoms. The maximum Gasteiger partial charge on any atom is 0.243 e. The van der Waals surface area contributed by atoms with Gasteiger partial charge in [0.15, 0.2) is 0 Å². The summed E-state index contributed by atoms with van der Waals surface area (Å²) in [6, 6.07) is 3.66. The fraction of sp³-hybridized carbons (Fsp3) is 0. The van der Waals surface area contributed by atoms with Crippen molar-refractivity contribution in [3.8, 4) is 17.1 Å². The predicted molar refractivity (Wildman–Crippen MR) is 56.9 cm³/mol. The third-order valence-electron chi connectivity index (χ3n) is 2.22. The van der Waals surface area contributed by atoms with E-state index in [4.69, 9.17) is 5.73 Å². The van der Waals surface area contributed by atoms with Crippen LogP contribution in [0.25, 0.3) is 17.1 Å². The van der Waals surface area contributed by atoms with E-state index >= 15 is 0 Å². The van der Waals surface area contributed by atoms with Crippen LogP contribution in [0, 0.1) is 0 Å². The fourth-order valence-corrected chi connectivity index (χ4v) is 1.45. The van der Waals surface area contributed by atoms with Crippen LogP contribution < -0.4 is 5.73 Å². The minimum Gasteiger partial charge on any atom is -0.378 e. The van der Waals surface area contributed by atoms with Crippen LogP contribution in [0.15, 0.2) is 35.4 Å². The van der Waals surface area contributed by atoms with E-state index in [1.165, 1.54) is 4.68 Å². The number of rotatable bonds is 2. The highest BCUT2D eigenvalue weighted by molar-refractivity contribution is 5.61. The predicted octanol–water partition coefficient (Wildman–Crippen LogP) is 0.294. The molecule has 0 spiro atoms. The van der Waals surface area contributed by atoms with E-state index in [1.807, 2.05) is 12.1 Å². The first-order valence-electron chi connectivity index (χ1n) is 4.76. The van der Waals surface area contributed by atoms with Gasteiger partial charge in [-0.15, -0.1) is 5.10 Å². The molecule has 3 aromatic heterocycles. The first kappa shape index (κ1) is 9.46. The summed E-state index contributed by atoms with van der Waals surface area (Å²) in [5.41, 5.74) is 7.24. The largest absolute Gasteiger partial charge is 0.378 e. The van der Waals surface area contributed by atoms with Gasteiger partial charge < -0.3 is 5.73 Å².